The maximum Gasteiger partial charge on any atom is 0.277 e. The Morgan fingerprint density at radius 2 is 1.50 bits per heavy atom. The van der Waals surface area contributed by atoms with Crippen LogP contribution in [-0.2, 0) is 0 Å². The fraction of sp³-hybridized carbons (Fsp3) is 0.190. The van der Waals surface area contributed by atoms with E-state index in [2.05, 4.69) is 9.97 Å². The molecule has 1 heterocycles. The smallest absolute Gasteiger partial charge is 0.277 e. The number of nitrogens with zero attached hydrogens (tertiary/aromatic N) is 4. The van der Waals surface area contributed by atoms with Gasteiger partial charge in [0.15, 0.2) is 0 Å². The van der Waals surface area contributed by atoms with Gasteiger partial charge in [-0.15, -0.1) is 0 Å². The van der Waals surface area contributed by atoms with Crippen molar-refractivity contribution in [2.75, 3.05) is 23.4 Å². The Balaban J connectivity index is 1.95. The summed E-state index contributed by atoms with van der Waals surface area (Å²) >= 11 is 0. The number of hydrogen-bond donors (Lipinski definition) is 0. The van der Waals surface area contributed by atoms with Gasteiger partial charge in [-0.3, -0.25) is 4.79 Å². The Morgan fingerprint density at radius 3 is 2.08 bits per heavy atom. The number of aromatic nitrogens is 2. The third kappa shape index (κ3) is 3.72. The van der Waals surface area contributed by atoms with Crippen LogP contribution < -0.4 is 9.80 Å². The summed E-state index contributed by atoms with van der Waals surface area (Å²) in [4.78, 5) is 25.7. The fourth-order valence-electron chi connectivity index (χ4n) is 2.77. The topological polar surface area (TPSA) is 49.3 Å². The minimum Gasteiger partial charge on any atom is -0.314 e. The highest BCUT2D eigenvalue weighted by molar-refractivity contribution is 6.05. The number of amides is 1. The lowest BCUT2D eigenvalue weighted by Crippen LogP contribution is -2.32. The molecule has 0 saturated carbocycles. The second-order valence-electron chi connectivity index (χ2n) is 5.97. The Labute approximate surface area is 153 Å². The van der Waals surface area contributed by atoms with Gasteiger partial charge >= 0.3 is 0 Å². The first-order valence-electron chi connectivity index (χ1n) is 8.61. The molecule has 2 aromatic carbocycles. The molecule has 0 radical (unpaired) electrons. The van der Waals surface area contributed by atoms with Crippen molar-refractivity contribution in [1.82, 2.24) is 9.97 Å². The molecule has 0 aliphatic heterocycles. The van der Waals surface area contributed by atoms with E-state index in [-0.39, 0.29) is 5.91 Å². The van der Waals surface area contributed by atoms with Crippen molar-refractivity contribution in [1.29, 1.82) is 0 Å². The van der Waals surface area contributed by atoms with Crippen molar-refractivity contribution in [2.45, 2.75) is 13.8 Å². The van der Waals surface area contributed by atoms with E-state index in [1.807, 2.05) is 86.5 Å². The number of rotatable bonds is 5. The number of carbonyl (C=O) groups is 1. The highest BCUT2D eigenvalue weighted by Crippen LogP contribution is 2.22. The van der Waals surface area contributed by atoms with Crippen LogP contribution >= 0.6 is 0 Å². The molecule has 0 bridgehead atoms. The van der Waals surface area contributed by atoms with E-state index in [1.165, 1.54) is 0 Å². The Hall–Kier alpha value is -3.21. The molecular formula is C21H22N4O. The van der Waals surface area contributed by atoms with Gasteiger partial charge < -0.3 is 9.80 Å². The molecule has 1 amide bonds. The van der Waals surface area contributed by atoms with Crippen molar-refractivity contribution >= 4 is 23.2 Å². The van der Waals surface area contributed by atoms with E-state index >= 15 is 0 Å². The van der Waals surface area contributed by atoms with E-state index in [1.54, 1.807) is 11.0 Å². The van der Waals surface area contributed by atoms with Crippen LogP contribution in [0.25, 0.3) is 0 Å². The first-order valence-corrected chi connectivity index (χ1v) is 8.61. The van der Waals surface area contributed by atoms with Crippen LogP contribution in [0.1, 0.15) is 23.1 Å². The second kappa shape index (κ2) is 7.78. The minimum atomic E-state index is -0.132. The lowest BCUT2D eigenvalue weighted by Gasteiger charge is -2.22. The van der Waals surface area contributed by atoms with Crippen LogP contribution in [-0.4, -0.2) is 29.5 Å². The summed E-state index contributed by atoms with van der Waals surface area (Å²) < 4.78 is 0. The first kappa shape index (κ1) is 17.6. The van der Waals surface area contributed by atoms with E-state index in [0.29, 0.717) is 18.2 Å². The zero-order valence-electron chi connectivity index (χ0n) is 15.3. The summed E-state index contributed by atoms with van der Waals surface area (Å²) in [5.41, 5.74) is 2.97. The van der Waals surface area contributed by atoms with Gasteiger partial charge in [-0.05, 0) is 44.2 Å². The number of para-hydroxylation sites is 2. The Bertz CT molecular complexity index is 881. The van der Waals surface area contributed by atoms with Gasteiger partial charge in [0.05, 0.1) is 0 Å². The monoisotopic (exact) mass is 346 g/mol. The number of carbonyl (C=O) groups excluding carboxylic acids is 1. The molecule has 0 fully saturated rings. The van der Waals surface area contributed by atoms with Crippen molar-refractivity contribution in [3.8, 4) is 0 Å². The fourth-order valence-corrected chi connectivity index (χ4v) is 2.77. The maximum absolute atomic E-state index is 13.1. The average Bonchev–Trinajstić information content (AvgIpc) is 2.69. The third-order valence-corrected chi connectivity index (χ3v) is 4.13. The molecule has 0 atom stereocenters. The lowest BCUT2D eigenvalue weighted by molar-refractivity contribution is 0.0983. The Kier molecular flexibility index (Phi) is 5.27. The summed E-state index contributed by atoms with van der Waals surface area (Å²) in [5, 5.41) is 0. The predicted octanol–water partition coefficient (Wildman–Crippen LogP) is 4.22. The molecule has 3 aromatic rings. The summed E-state index contributed by atoms with van der Waals surface area (Å²) in [6.07, 6.45) is 0. The molecule has 5 heteroatoms. The van der Waals surface area contributed by atoms with Gasteiger partial charge in [-0.1, -0.05) is 36.4 Å². The number of benzene rings is 2. The molecule has 1 aromatic heterocycles. The molecule has 0 unspecified atom stereocenters. The van der Waals surface area contributed by atoms with Gasteiger partial charge in [0.1, 0.15) is 5.69 Å². The van der Waals surface area contributed by atoms with Crippen LogP contribution in [0.2, 0.25) is 0 Å². The van der Waals surface area contributed by atoms with Crippen molar-refractivity contribution in [2.24, 2.45) is 0 Å². The highest BCUT2D eigenvalue weighted by atomic mass is 16.2. The minimum absolute atomic E-state index is 0.132. The third-order valence-electron chi connectivity index (χ3n) is 4.13. The molecule has 132 valence electrons. The first-order chi connectivity index (χ1) is 12.6. The summed E-state index contributed by atoms with van der Waals surface area (Å²) in [6, 6.07) is 21.2. The number of anilines is 3. The largest absolute Gasteiger partial charge is 0.314 e. The van der Waals surface area contributed by atoms with Gasteiger partial charge in [0.25, 0.3) is 5.91 Å². The molecule has 26 heavy (non-hydrogen) atoms. The lowest BCUT2D eigenvalue weighted by atomic mass is 10.2. The van der Waals surface area contributed by atoms with Gasteiger partial charge in [-0.2, -0.15) is 0 Å². The number of aryl methyl sites for hydroxylation is 1. The normalized spacial score (nSPS) is 10.4. The van der Waals surface area contributed by atoms with Crippen molar-refractivity contribution in [3.63, 3.8) is 0 Å². The van der Waals surface area contributed by atoms with Crippen LogP contribution in [0, 0.1) is 6.92 Å². The molecule has 5 nitrogen and oxygen atoms in total. The summed E-state index contributed by atoms with van der Waals surface area (Å²) in [5.74, 6) is 0.371. The van der Waals surface area contributed by atoms with Gasteiger partial charge in [0, 0.05) is 30.7 Å². The average molecular weight is 346 g/mol. The zero-order chi connectivity index (χ0) is 18.5. The standard InChI is InChI=1S/C21H22N4O/c1-4-25(18-13-9-6-10-14-18)20(26)19-15-16(2)22-21(23-19)24(3)17-11-7-5-8-12-17/h5-15H,4H2,1-3H3. The van der Waals surface area contributed by atoms with Gasteiger partial charge in [-0.25, -0.2) is 9.97 Å². The van der Waals surface area contributed by atoms with Crippen molar-refractivity contribution in [3.05, 3.63) is 78.1 Å². The molecular weight excluding hydrogens is 324 g/mol. The predicted molar refractivity (Wildman–Crippen MR) is 105 cm³/mol. The molecule has 0 spiro atoms. The van der Waals surface area contributed by atoms with Crippen molar-refractivity contribution < 1.29 is 4.79 Å². The zero-order valence-corrected chi connectivity index (χ0v) is 15.3. The second-order valence-corrected chi connectivity index (χ2v) is 5.97. The molecule has 0 saturated heterocycles. The maximum atomic E-state index is 13.1. The van der Waals surface area contributed by atoms with Crippen LogP contribution in [0.3, 0.4) is 0 Å². The number of hydrogen-bond acceptors (Lipinski definition) is 4. The van der Waals surface area contributed by atoms with E-state index in [9.17, 15) is 4.79 Å². The molecule has 0 N–H and O–H groups in total. The Morgan fingerprint density at radius 1 is 0.923 bits per heavy atom. The van der Waals surface area contributed by atoms with E-state index in [0.717, 1.165) is 17.1 Å². The van der Waals surface area contributed by atoms with Gasteiger partial charge in [0.2, 0.25) is 5.95 Å². The molecule has 0 aliphatic carbocycles. The molecule has 0 aliphatic rings. The summed E-state index contributed by atoms with van der Waals surface area (Å²) in [7, 11) is 1.90. The molecule has 3 rings (SSSR count). The SMILES string of the molecule is CCN(C(=O)c1cc(C)nc(N(C)c2ccccc2)n1)c1ccccc1. The summed E-state index contributed by atoms with van der Waals surface area (Å²) in [6.45, 7) is 4.39. The van der Waals surface area contributed by atoms with E-state index in [4.69, 9.17) is 0 Å². The highest BCUT2D eigenvalue weighted by Gasteiger charge is 2.20. The van der Waals surface area contributed by atoms with E-state index < -0.39 is 0 Å². The van der Waals surface area contributed by atoms with Crippen LogP contribution in [0.5, 0.6) is 0 Å². The van der Waals surface area contributed by atoms with Crippen LogP contribution in [0.4, 0.5) is 17.3 Å². The quantitative estimate of drug-likeness (QED) is 0.694. The van der Waals surface area contributed by atoms with Crippen LogP contribution in [0.15, 0.2) is 66.7 Å².